The average molecular weight is 295 g/mol. The Morgan fingerprint density at radius 1 is 1.63 bits per heavy atom. The van der Waals surface area contributed by atoms with Gasteiger partial charge in [-0.05, 0) is 0 Å². The molecule has 2 heterocycles. The lowest BCUT2D eigenvalue weighted by atomic mass is 10.0. The molecule has 0 saturated carbocycles. The quantitative estimate of drug-likeness (QED) is 0.781. The molecule has 1 atom stereocenters. The zero-order chi connectivity index (χ0) is 14.3. The molecule has 0 bridgehead atoms. The van der Waals surface area contributed by atoms with Crippen LogP contribution in [-0.4, -0.2) is 43.3 Å². The molecule has 7 nitrogen and oxygen atoms in total. The minimum absolute atomic E-state index is 0.112. The number of aryl methyl sites for hydroxylation is 1. The first-order valence-corrected chi connectivity index (χ1v) is 7.09. The molecule has 1 unspecified atom stereocenters. The normalized spacial score (nSPS) is 23.3. The van der Waals surface area contributed by atoms with Crippen molar-refractivity contribution in [1.82, 2.24) is 15.1 Å². The van der Waals surface area contributed by atoms with E-state index in [-0.39, 0.29) is 12.2 Å². The Labute approximate surface area is 109 Å². The standard InChI is InChI=1S/C9H15F2N5O2S/c1-15-5-8(4-14-15)16(19(12,17)18)7-2-9(10,11)6-13-3-7/h4-5,7,13H,2-3,6H2,1H3,(H2,12,17,18). The van der Waals surface area contributed by atoms with Crippen molar-refractivity contribution in [2.45, 2.75) is 18.4 Å². The van der Waals surface area contributed by atoms with Crippen LogP contribution >= 0.6 is 0 Å². The van der Waals surface area contributed by atoms with Gasteiger partial charge in [-0.2, -0.15) is 13.5 Å². The van der Waals surface area contributed by atoms with Crippen LogP contribution in [0.3, 0.4) is 0 Å². The van der Waals surface area contributed by atoms with E-state index >= 15 is 0 Å². The molecular weight excluding hydrogens is 280 g/mol. The SMILES string of the molecule is Cn1cc(N(C2CNCC(F)(F)C2)S(N)(=O)=O)cn1. The van der Waals surface area contributed by atoms with Gasteiger partial charge in [0.1, 0.15) is 0 Å². The molecule has 1 saturated heterocycles. The molecule has 1 aliphatic rings. The number of hydrogen-bond donors (Lipinski definition) is 2. The lowest BCUT2D eigenvalue weighted by Crippen LogP contribution is -2.56. The number of aromatic nitrogens is 2. The van der Waals surface area contributed by atoms with Crippen molar-refractivity contribution in [3.63, 3.8) is 0 Å². The van der Waals surface area contributed by atoms with Crippen molar-refractivity contribution in [3.8, 4) is 0 Å². The highest BCUT2D eigenvalue weighted by molar-refractivity contribution is 7.90. The third kappa shape index (κ3) is 3.19. The summed E-state index contributed by atoms with van der Waals surface area (Å²) in [4.78, 5) is 0. The van der Waals surface area contributed by atoms with E-state index in [9.17, 15) is 17.2 Å². The number of halogens is 2. The van der Waals surface area contributed by atoms with E-state index in [1.165, 1.54) is 17.1 Å². The van der Waals surface area contributed by atoms with Crippen molar-refractivity contribution in [3.05, 3.63) is 12.4 Å². The van der Waals surface area contributed by atoms with Crippen molar-refractivity contribution >= 4 is 15.9 Å². The maximum absolute atomic E-state index is 13.4. The van der Waals surface area contributed by atoms with Gasteiger partial charge in [-0.3, -0.25) is 8.99 Å². The third-order valence-corrected chi connectivity index (χ3v) is 3.91. The second kappa shape index (κ2) is 4.69. The smallest absolute Gasteiger partial charge is 0.299 e. The van der Waals surface area contributed by atoms with Crippen LogP contribution < -0.4 is 14.8 Å². The molecule has 3 N–H and O–H groups in total. The number of rotatable bonds is 3. The monoisotopic (exact) mass is 295 g/mol. The molecule has 10 heteroatoms. The third-order valence-electron chi connectivity index (χ3n) is 2.85. The fourth-order valence-corrected chi connectivity index (χ4v) is 3.12. The molecule has 0 aliphatic carbocycles. The fraction of sp³-hybridized carbons (Fsp3) is 0.667. The highest BCUT2D eigenvalue weighted by Crippen LogP contribution is 2.29. The molecule has 0 radical (unpaired) electrons. The van der Waals surface area contributed by atoms with Gasteiger partial charge >= 0.3 is 0 Å². The largest absolute Gasteiger partial charge is 0.309 e. The van der Waals surface area contributed by atoms with Crippen LogP contribution in [0.5, 0.6) is 0 Å². The second-order valence-corrected chi connectivity index (χ2v) is 5.98. The van der Waals surface area contributed by atoms with Gasteiger partial charge in [0, 0.05) is 26.2 Å². The lowest BCUT2D eigenvalue weighted by Gasteiger charge is -2.36. The number of nitrogens with two attached hydrogens (primary N) is 1. The Balaban J connectivity index is 2.34. The van der Waals surface area contributed by atoms with Crippen molar-refractivity contribution in [2.24, 2.45) is 12.2 Å². The maximum Gasteiger partial charge on any atom is 0.299 e. The van der Waals surface area contributed by atoms with Crippen LogP contribution in [0.15, 0.2) is 12.4 Å². The van der Waals surface area contributed by atoms with E-state index < -0.39 is 35.1 Å². The van der Waals surface area contributed by atoms with Crippen molar-refractivity contribution in [1.29, 1.82) is 0 Å². The summed E-state index contributed by atoms with van der Waals surface area (Å²) < 4.78 is 52.2. The van der Waals surface area contributed by atoms with Gasteiger partial charge in [0.15, 0.2) is 0 Å². The molecule has 1 aliphatic heterocycles. The van der Waals surface area contributed by atoms with E-state index in [1.807, 2.05) is 0 Å². The summed E-state index contributed by atoms with van der Waals surface area (Å²) in [5.74, 6) is -2.96. The van der Waals surface area contributed by atoms with E-state index in [2.05, 4.69) is 10.4 Å². The van der Waals surface area contributed by atoms with Crippen molar-refractivity contribution < 1.29 is 17.2 Å². The first-order valence-electron chi connectivity index (χ1n) is 5.58. The van der Waals surface area contributed by atoms with Gasteiger partial charge in [0.2, 0.25) is 0 Å². The summed E-state index contributed by atoms with van der Waals surface area (Å²) >= 11 is 0. The lowest BCUT2D eigenvalue weighted by molar-refractivity contribution is -0.0259. The van der Waals surface area contributed by atoms with Crippen LogP contribution in [0, 0.1) is 0 Å². The Morgan fingerprint density at radius 3 is 2.79 bits per heavy atom. The Morgan fingerprint density at radius 2 is 2.32 bits per heavy atom. The summed E-state index contributed by atoms with van der Waals surface area (Å²) in [6, 6.07) is -0.942. The Kier molecular flexibility index (Phi) is 3.49. The number of nitrogens with zero attached hydrogens (tertiary/aromatic N) is 3. The van der Waals surface area contributed by atoms with Gasteiger partial charge in [-0.25, -0.2) is 13.9 Å². The molecule has 19 heavy (non-hydrogen) atoms. The minimum atomic E-state index is -4.15. The predicted molar refractivity (Wildman–Crippen MR) is 65.0 cm³/mol. The van der Waals surface area contributed by atoms with Crippen LogP contribution in [0.4, 0.5) is 14.5 Å². The van der Waals surface area contributed by atoms with E-state index in [0.717, 1.165) is 4.31 Å². The van der Waals surface area contributed by atoms with Gasteiger partial charge < -0.3 is 5.32 Å². The van der Waals surface area contributed by atoms with Gasteiger partial charge in [0.05, 0.1) is 24.5 Å². The summed E-state index contributed by atoms with van der Waals surface area (Å²) in [6.45, 7) is -0.351. The molecule has 2 rings (SSSR count). The van der Waals surface area contributed by atoms with Crippen molar-refractivity contribution in [2.75, 3.05) is 17.4 Å². The van der Waals surface area contributed by atoms with E-state index in [4.69, 9.17) is 5.14 Å². The second-order valence-electron chi connectivity index (χ2n) is 4.56. The first-order chi connectivity index (χ1) is 8.69. The summed E-state index contributed by atoms with van der Waals surface area (Å²) in [5, 5.41) is 11.5. The van der Waals surface area contributed by atoms with Gasteiger partial charge in [-0.1, -0.05) is 0 Å². The number of piperidine rings is 1. The summed E-state index contributed by atoms with van der Waals surface area (Å²) in [6.07, 6.45) is 2.11. The Hall–Kier alpha value is -1.26. The maximum atomic E-state index is 13.4. The van der Waals surface area contributed by atoms with E-state index in [1.54, 1.807) is 7.05 Å². The number of alkyl halides is 2. The van der Waals surface area contributed by atoms with E-state index in [0.29, 0.717) is 0 Å². The number of nitrogens with one attached hydrogen (secondary N) is 1. The number of hydrogen-bond acceptors (Lipinski definition) is 4. The summed E-state index contributed by atoms with van der Waals surface area (Å²) in [7, 11) is -2.55. The molecule has 0 amide bonds. The van der Waals surface area contributed by atoms with Crippen LogP contribution in [0.1, 0.15) is 6.42 Å². The molecule has 108 valence electrons. The van der Waals surface area contributed by atoms with Crippen LogP contribution in [-0.2, 0) is 17.3 Å². The zero-order valence-corrected chi connectivity index (χ0v) is 11.1. The topological polar surface area (TPSA) is 93.2 Å². The zero-order valence-electron chi connectivity index (χ0n) is 10.3. The average Bonchev–Trinajstić information content (AvgIpc) is 2.61. The van der Waals surface area contributed by atoms with Gasteiger partial charge in [0.25, 0.3) is 16.1 Å². The molecule has 1 aromatic rings. The molecule has 1 aromatic heterocycles. The minimum Gasteiger partial charge on any atom is -0.309 e. The van der Waals surface area contributed by atoms with Crippen LogP contribution in [0.2, 0.25) is 0 Å². The molecule has 0 aromatic carbocycles. The fourth-order valence-electron chi connectivity index (χ4n) is 2.16. The van der Waals surface area contributed by atoms with Crippen LogP contribution in [0.25, 0.3) is 0 Å². The number of anilines is 1. The Bertz CT molecular complexity index is 559. The molecule has 0 spiro atoms. The summed E-state index contributed by atoms with van der Waals surface area (Å²) in [5.41, 5.74) is 0.175. The molecule has 1 fully saturated rings. The highest BCUT2D eigenvalue weighted by Gasteiger charge is 2.41. The highest BCUT2D eigenvalue weighted by atomic mass is 32.2. The van der Waals surface area contributed by atoms with Gasteiger partial charge in [-0.15, -0.1) is 0 Å². The molecular formula is C9H15F2N5O2S. The predicted octanol–water partition coefficient (Wildman–Crippen LogP) is -0.573. The first kappa shape index (κ1) is 14.2.